The Balaban J connectivity index is 2.26. The van der Waals surface area contributed by atoms with E-state index < -0.39 is 0 Å². The molecule has 0 heterocycles. The van der Waals surface area contributed by atoms with Gasteiger partial charge in [0.1, 0.15) is 0 Å². The van der Waals surface area contributed by atoms with E-state index in [0.717, 1.165) is 11.5 Å². The predicted molar refractivity (Wildman–Crippen MR) is 87.0 cm³/mol. The summed E-state index contributed by atoms with van der Waals surface area (Å²) < 4.78 is 10.7. The molecule has 112 valence electrons. The van der Waals surface area contributed by atoms with Gasteiger partial charge < -0.3 is 9.47 Å². The third-order valence-corrected chi connectivity index (χ3v) is 5.84. The number of halogens is 1. The molecule has 0 bridgehead atoms. The molecular weight excluding hydrogens is 316 g/mol. The maximum Gasteiger partial charge on any atom is 0.161 e. The number of benzene rings is 1. The van der Waals surface area contributed by atoms with E-state index in [0.29, 0.717) is 16.2 Å². The van der Waals surface area contributed by atoms with Crippen LogP contribution in [0.5, 0.6) is 11.5 Å². The fraction of sp³-hybridized carbons (Fsp3) is 0.647. The van der Waals surface area contributed by atoms with Crippen molar-refractivity contribution in [1.29, 1.82) is 0 Å². The molecule has 2 nitrogen and oxygen atoms in total. The summed E-state index contributed by atoms with van der Waals surface area (Å²) in [5.41, 5.74) is 1.67. The van der Waals surface area contributed by atoms with Crippen molar-refractivity contribution < 1.29 is 9.47 Å². The van der Waals surface area contributed by atoms with E-state index in [1.165, 1.54) is 31.2 Å². The lowest BCUT2D eigenvalue weighted by molar-refractivity contribution is 0.136. The highest BCUT2D eigenvalue weighted by molar-refractivity contribution is 9.09. The Morgan fingerprint density at radius 2 is 1.85 bits per heavy atom. The molecule has 1 saturated carbocycles. The molecule has 1 aromatic carbocycles. The van der Waals surface area contributed by atoms with Crippen molar-refractivity contribution in [3.8, 4) is 11.5 Å². The van der Waals surface area contributed by atoms with E-state index in [4.69, 9.17) is 9.47 Å². The maximum absolute atomic E-state index is 5.42. The van der Waals surface area contributed by atoms with Gasteiger partial charge in [-0.1, -0.05) is 48.7 Å². The monoisotopic (exact) mass is 340 g/mol. The first-order valence-electron chi connectivity index (χ1n) is 7.35. The molecule has 2 rings (SSSR count). The molecule has 0 saturated heterocycles. The van der Waals surface area contributed by atoms with Gasteiger partial charge in [0, 0.05) is 4.83 Å². The largest absolute Gasteiger partial charge is 0.493 e. The third kappa shape index (κ3) is 3.13. The minimum atomic E-state index is 0.373. The van der Waals surface area contributed by atoms with Gasteiger partial charge in [-0.2, -0.15) is 0 Å². The molecule has 0 radical (unpaired) electrons. The molecule has 0 aliphatic heterocycles. The summed E-state index contributed by atoms with van der Waals surface area (Å²) in [4.78, 5) is 0.373. The Labute approximate surface area is 131 Å². The van der Waals surface area contributed by atoms with Crippen LogP contribution in [-0.4, -0.2) is 14.2 Å². The van der Waals surface area contributed by atoms with Crippen LogP contribution in [0.1, 0.15) is 49.9 Å². The molecule has 20 heavy (non-hydrogen) atoms. The second-order valence-corrected chi connectivity index (χ2v) is 7.34. The molecule has 0 aromatic heterocycles. The van der Waals surface area contributed by atoms with Crippen LogP contribution in [0, 0.1) is 11.3 Å². The van der Waals surface area contributed by atoms with Crippen LogP contribution in [0.4, 0.5) is 0 Å². The number of hydrogen-bond donors (Lipinski definition) is 0. The van der Waals surface area contributed by atoms with Gasteiger partial charge in [0.05, 0.1) is 14.2 Å². The molecule has 0 spiro atoms. The first-order valence-corrected chi connectivity index (χ1v) is 8.27. The van der Waals surface area contributed by atoms with Gasteiger partial charge in [-0.25, -0.2) is 0 Å². The Morgan fingerprint density at radius 3 is 2.45 bits per heavy atom. The van der Waals surface area contributed by atoms with Gasteiger partial charge >= 0.3 is 0 Å². The number of rotatable bonds is 4. The van der Waals surface area contributed by atoms with E-state index in [-0.39, 0.29) is 0 Å². The zero-order chi connectivity index (χ0) is 14.8. The van der Waals surface area contributed by atoms with Crippen LogP contribution in [-0.2, 0) is 0 Å². The second kappa shape index (κ2) is 6.38. The molecular formula is C17H25BrO2. The van der Waals surface area contributed by atoms with Crippen LogP contribution in [0.2, 0.25) is 0 Å². The van der Waals surface area contributed by atoms with Gasteiger partial charge in [0.2, 0.25) is 0 Å². The first-order chi connectivity index (χ1) is 9.49. The van der Waals surface area contributed by atoms with Crippen molar-refractivity contribution in [2.24, 2.45) is 11.3 Å². The SMILES string of the molecule is COc1ccc(C(Br)C2CCCCC2(C)C)cc1OC. The van der Waals surface area contributed by atoms with Crippen molar-refractivity contribution in [2.75, 3.05) is 14.2 Å². The van der Waals surface area contributed by atoms with Gasteiger partial charge in [0.15, 0.2) is 11.5 Å². The summed E-state index contributed by atoms with van der Waals surface area (Å²) in [6, 6.07) is 6.24. The van der Waals surface area contributed by atoms with Crippen molar-refractivity contribution in [1.82, 2.24) is 0 Å². The Bertz CT molecular complexity index is 456. The summed E-state index contributed by atoms with van der Waals surface area (Å²) in [7, 11) is 3.36. The molecule has 0 amide bonds. The van der Waals surface area contributed by atoms with E-state index >= 15 is 0 Å². The summed E-state index contributed by atoms with van der Waals surface area (Å²) in [5, 5.41) is 0. The zero-order valence-electron chi connectivity index (χ0n) is 12.9. The fourth-order valence-corrected chi connectivity index (χ4v) is 4.58. The average Bonchev–Trinajstić information content (AvgIpc) is 2.45. The first kappa shape index (κ1) is 15.7. The number of ether oxygens (including phenoxy) is 2. The molecule has 0 N–H and O–H groups in total. The van der Waals surface area contributed by atoms with Gasteiger partial charge in [-0.3, -0.25) is 0 Å². The standard InChI is InChI=1S/C17H25BrO2/c1-17(2)10-6-5-7-13(17)16(18)12-8-9-14(19-3)15(11-12)20-4/h8-9,11,13,16H,5-7,10H2,1-4H3. The topological polar surface area (TPSA) is 18.5 Å². The second-order valence-electron chi connectivity index (χ2n) is 6.36. The van der Waals surface area contributed by atoms with Crippen molar-refractivity contribution in [3.63, 3.8) is 0 Å². The highest BCUT2D eigenvalue weighted by Gasteiger charge is 2.37. The number of methoxy groups -OCH3 is 2. The highest BCUT2D eigenvalue weighted by atomic mass is 79.9. The highest BCUT2D eigenvalue weighted by Crippen LogP contribution is 2.50. The van der Waals surface area contributed by atoms with Gasteiger partial charge in [-0.05, 0) is 41.9 Å². The van der Waals surface area contributed by atoms with Crippen LogP contribution < -0.4 is 9.47 Å². The Morgan fingerprint density at radius 1 is 1.15 bits per heavy atom. The minimum absolute atomic E-state index is 0.373. The van der Waals surface area contributed by atoms with Crippen LogP contribution in [0.15, 0.2) is 18.2 Å². The molecule has 1 fully saturated rings. The van der Waals surface area contributed by atoms with E-state index in [9.17, 15) is 0 Å². The third-order valence-electron chi connectivity index (χ3n) is 4.67. The number of hydrogen-bond acceptors (Lipinski definition) is 2. The molecule has 1 aliphatic rings. The molecule has 1 aliphatic carbocycles. The summed E-state index contributed by atoms with van der Waals surface area (Å²) in [5.74, 6) is 2.26. The van der Waals surface area contributed by atoms with Crippen molar-refractivity contribution in [3.05, 3.63) is 23.8 Å². The lowest BCUT2D eigenvalue weighted by atomic mass is 9.67. The average molecular weight is 341 g/mol. The quantitative estimate of drug-likeness (QED) is 0.687. The summed E-state index contributed by atoms with van der Waals surface area (Å²) in [6.07, 6.45) is 5.29. The van der Waals surface area contributed by atoms with Crippen molar-refractivity contribution in [2.45, 2.75) is 44.4 Å². The predicted octanol–water partition coefficient (Wildman–Crippen LogP) is 5.36. The Kier molecular flexibility index (Phi) is 5.00. The molecule has 2 atom stereocenters. The fourth-order valence-electron chi connectivity index (χ4n) is 3.32. The van der Waals surface area contributed by atoms with Crippen molar-refractivity contribution >= 4 is 15.9 Å². The zero-order valence-corrected chi connectivity index (χ0v) is 14.5. The Hall–Kier alpha value is -0.700. The molecule has 2 unspecified atom stereocenters. The van der Waals surface area contributed by atoms with Crippen LogP contribution in [0.3, 0.4) is 0 Å². The lowest BCUT2D eigenvalue weighted by Crippen LogP contribution is -2.30. The van der Waals surface area contributed by atoms with Gasteiger partial charge in [0.25, 0.3) is 0 Å². The molecule has 3 heteroatoms. The van der Waals surface area contributed by atoms with Crippen LogP contribution in [0.25, 0.3) is 0 Å². The molecule has 1 aromatic rings. The summed E-state index contributed by atoms with van der Waals surface area (Å²) >= 11 is 3.94. The smallest absolute Gasteiger partial charge is 0.161 e. The maximum atomic E-state index is 5.42. The summed E-state index contributed by atoms with van der Waals surface area (Å²) in [6.45, 7) is 4.79. The lowest BCUT2D eigenvalue weighted by Gasteiger charge is -2.41. The van der Waals surface area contributed by atoms with E-state index in [1.807, 2.05) is 6.07 Å². The minimum Gasteiger partial charge on any atom is -0.493 e. The van der Waals surface area contributed by atoms with E-state index in [1.54, 1.807) is 14.2 Å². The van der Waals surface area contributed by atoms with E-state index in [2.05, 4.69) is 41.9 Å². The number of alkyl halides is 1. The van der Waals surface area contributed by atoms with Crippen LogP contribution >= 0.6 is 15.9 Å². The normalized spacial score (nSPS) is 23.1. The van der Waals surface area contributed by atoms with Gasteiger partial charge in [-0.15, -0.1) is 0 Å².